The molecule has 0 aliphatic carbocycles. The zero-order chi connectivity index (χ0) is 13.7. The Morgan fingerprint density at radius 1 is 1.26 bits per heavy atom. The fourth-order valence-corrected chi connectivity index (χ4v) is 2.35. The SMILES string of the molecule is CCCc1cccc(C(NN)c2ncccc2C)c1. The van der Waals surface area contributed by atoms with E-state index in [4.69, 9.17) is 5.84 Å². The summed E-state index contributed by atoms with van der Waals surface area (Å²) < 4.78 is 0. The van der Waals surface area contributed by atoms with Crippen LogP contribution in [0.4, 0.5) is 0 Å². The molecule has 0 aliphatic heterocycles. The molecule has 3 nitrogen and oxygen atoms in total. The number of hydrogen-bond acceptors (Lipinski definition) is 3. The molecule has 1 unspecified atom stereocenters. The molecule has 0 amide bonds. The summed E-state index contributed by atoms with van der Waals surface area (Å²) in [6.07, 6.45) is 4.04. The van der Waals surface area contributed by atoms with Crippen LogP contribution in [0.2, 0.25) is 0 Å². The van der Waals surface area contributed by atoms with Crippen molar-refractivity contribution >= 4 is 0 Å². The predicted molar refractivity (Wildman–Crippen MR) is 78.6 cm³/mol. The van der Waals surface area contributed by atoms with E-state index in [2.05, 4.69) is 54.6 Å². The molecule has 100 valence electrons. The Hall–Kier alpha value is -1.71. The first-order valence-corrected chi connectivity index (χ1v) is 6.72. The number of hydrogen-bond donors (Lipinski definition) is 2. The van der Waals surface area contributed by atoms with Crippen molar-refractivity contribution in [3.63, 3.8) is 0 Å². The average molecular weight is 255 g/mol. The molecule has 0 saturated carbocycles. The van der Waals surface area contributed by atoms with Crippen molar-refractivity contribution in [2.24, 2.45) is 5.84 Å². The molecular formula is C16H21N3. The van der Waals surface area contributed by atoms with Gasteiger partial charge in [-0.3, -0.25) is 10.8 Å². The Kier molecular flexibility index (Phi) is 4.66. The van der Waals surface area contributed by atoms with Crippen LogP contribution < -0.4 is 11.3 Å². The molecule has 1 heterocycles. The number of pyridine rings is 1. The minimum absolute atomic E-state index is 0.0574. The maximum atomic E-state index is 5.74. The Morgan fingerprint density at radius 3 is 2.79 bits per heavy atom. The molecule has 2 rings (SSSR count). The lowest BCUT2D eigenvalue weighted by Crippen LogP contribution is -2.30. The summed E-state index contributed by atoms with van der Waals surface area (Å²) in [7, 11) is 0. The fourth-order valence-electron chi connectivity index (χ4n) is 2.35. The smallest absolute Gasteiger partial charge is 0.0884 e. The molecule has 3 N–H and O–H groups in total. The van der Waals surface area contributed by atoms with E-state index in [1.807, 2.05) is 12.3 Å². The second-order valence-electron chi connectivity index (χ2n) is 4.80. The molecule has 0 saturated heterocycles. The standard InChI is InChI=1S/C16H21N3/c1-3-6-13-8-4-9-14(11-13)16(19-17)15-12(2)7-5-10-18-15/h4-5,7-11,16,19H,3,6,17H2,1-2H3. The maximum Gasteiger partial charge on any atom is 0.0884 e. The summed E-state index contributed by atoms with van der Waals surface area (Å²) >= 11 is 0. The highest BCUT2D eigenvalue weighted by molar-refractivity contribution is 5.34. The number of benzene rings is 1. The normalized spacial score (nSPS) is 12.4. The largest absolute Gasteiger partial charge is 0.271 e. The first kappa shape index (κ1) is 13.7. The summed E-state index contributed by atoms with van der Waals surface area (Å²) in [6, 6.07) is 12.5. The van der Waals surface area contributed by atoms with Crippen molar-refractivity contribution in [3.05, 3.63) is 65.0 Å². The third-order valence-electron chi connectivity index (χ3n) is 3.31. The second-order valence-corrected chi connectivity index (χ2v) is 4.80. The number of nitrogens with one attached hydrogen (secondary N) is 1. The highest BCUT2D eigenvalue weighted by atomic mass is 15.2. The second kappa shape index (κ2) is 6.45. The number of nitrogens with zero attached hydrogens (tertiary/aromatic N) is 1. The quantitative estimate of drug-likeness (QED) is 0.638. The van der Waals surface area contributed by atoms with Gasteiger partial charge in [-0.05, 0) is 36.1 Å². The van der Waals surface area contributed by atoms with Gasteiger partial charge < -0.3 is 0 Å². The average Bonchev–Trinajstić information content (AvgIpc) is 2.43. The molecule has 0 spiro atoms. The lowest BCUT2D eigenvalue weighted by Gasteiger charge is -2.18. The van der Waals surface area contributed by atoms with Crippen LogP contribution in [0, 0.1) is 6.92 Å². The maximum absolute atomic E-state index is 5.74. The molecule has 2 aromatic rings. The van der Waals surface area contributed by atoms with Crippen LogP contribution in [0.1, 0.15) is 41.8 Å². The summed E-state index contributed by atoms with van der Waals surface area (Å²) in [5.41, 5.74) is 7.52. The van der Waals surface area contributed by atoms with Gasteiger partial charge in [0.05, 0.1) is 11.7 Å². The van der Waals surface area contributed by atoms with Gasteiger partial charge in [0.2, 0.25) is 0 Å². The van der Waals surface area contributed by atoms with Crippen LogP contribution in [0.5, 0.6) is 0 Å². The van der Waals surface area contributed by atoms with E-state index < -0.39 is 0 Å². The van der Waals surface area contributed by atoms with Crippen molar-refractivity contribution < 1.29 is 0 Å². The number of nitrogens with two attached hydrogens (primary N) is 1. The van der Waals surface area contributed by atoms with Crippen molar-refractivity contribution in [1.29, 1.82) is 0 Å². The molecule has 1 atom stereocenters. The van der Waals surface area contributed by atoms with E-state index >= 15 is 0 Å². The van der Waals surface area contributed by atoms with Crippen LogP contribution in [0.15, 0.2) is 42.6 Å². The number of rotatable bonds is 5. The van der Waals surface area contributed by atoms with Crippen molar-refractivity contribution in [2.75, 3.05) is 0 Å². The molecule has 19 heavy (non-hydrogen) atoms. The summed E-state index contributed by atoms with van der Waals surface area (Å²) in [5.74, 6) is 5.74. The van der Waals surface area contributed by atoms with Crippen LogP contribution in [-0.4, -0.2) is 4.98 Å². The van der Waals surface area contributed by atoms with E-state index in [-0.39, 0.29) is 6.04 Å². The van der Waals surface area contributed by atoms with Gasteiger partial charge in [-0.25, -0.2) is 5.43 Å². The van der Waals surface area contributed by atoms with E-state index in [1.54, 1.807) is 0 Å². The molecule has 1 aromatic carbocycles. The fraction of sp³-hybridized carbons (Fsp3) is 0.312. The monoisotopic (exact) mass is 255 g/mol. The topological polar surface area (TPSA) is 50.9 Å². The third-order valence-corrected chi connectivity index (χ3v) is 3.31. The van der Waals surface area contributed by atoms with Gasteiger partial charge in [-0.15, -0.1) is 0 Å². The minimum Gasteiger partial charge on any atom is -0.271 e. The van der Waals surface area contributed by atoms with Gasteiger partial charge in [0.25, 0.3) is 0 Å². The molecule has 3 heteroatoms. The van der Waals surface area contributed by atoms with Crippen molar-refractivity contribution in [2.45, 2.75) is 32.7 Å². The molecule has 1 aromatic heterocycles. The molecule has 0 bridgehead atoms. The van der Waals surface area contributed by atoms with Crippen LogP contribution in [0.25, 0.3) is 0 Å². The highest BCUT2D eigenvalue weighted by Gasteiger charge is 2.15. The number of hydrazine groups is 1. The first-order chi connectivity index (χ1) is 9.26. The molecular weight excluding hydrogens is 234 g/mol. The van der Waals surface area contributed by atoms with Gasteiger partial charge in [-0.1, -0.05) is 43.7 Å². The number of aryl methyl sites for hydroxylation is 2. The first-order valence-electron chi connectivity index (χ1n) is 6.72. The van der Waals surface area contributed by atoms with Crippen LogP contribution in [0.3, 0.4) is 0 Å². The molecule has 0 radical (unpaired) electrons. The Bertz CT molecular complexity index is 537. The van der Waals surface area contributed by atoms with E-state index in [0.29, 0.717) is 0 Å². The zero-order valence-electron chi connectivity index (χ0n) is 11.6. The van der Waals surface area contributed by atoms with Crippen LogP contribution in [-0.2, 0) is 6.42 Å². The lowest BCUT2D eigenvalue weighted by atomic mass is 9.97. The summed E-state index contributed by atoms with van der Waals surface area (Å²) in [5, 5.41) is 0. The lowest BCUT2D eigenvalue weighted by molar-refractivity contribution is 0.616. The predicted octanol–water partition coefficient (Wildman–Crippen LogP) is 2.90. The van der Waals surface area contributed by atoms with Gasteiger partial charge >= 0.3 is 0 Å². The minimum atomic E-state index is -0.0574. The molecule has 0 aliphatic rings. The van der Waals surface area contributed by atoms with Crippen LogP contribution >= 0.6 is 0 Å². The van der Waals surface area contributed by atoms with Gasteiger partial charge in [-0.2, -0.15) is 0 Å². The summed E-state index contributed by atoms with van der Waals surface area (Å²) in [4.78, 5) is 4.46. The third kappa shape index (κ3) is 3.19. The van der Waals surface area contributed by atoms with Crippen molar-refractivity contribution in [3.8, 4) is 0 Å². The molecule has 0 fully saturated rings. The highest BCUT2D eigenvalue weighted by Crippen LogP contribution is 2.23. The van der Waals surface area contributed by atoms with E-state index in [1.165, 1.54) is 5.56 Å². The zero-order valence-corrected chi connectivity index (χ0v) is 11.6. The van der Waals surface area contributed by atoms with E-state index in [0.717, 1.165) is 29.7 Å². The van der Waals surface area contributed by atoms with Crippen molar-refractivity contribution in [1.82, 2.24) is 10.4 Å². The van der Waals surface area contributed by atoms with Gasteiger partial charge in [0, 0.05) is 6.20 Å². The summed E-state index contributed by atoms with van der Waals surface area (Å²) in [6.45, 7) is 4.25. The van der Waals surface area contributed by atoms with Gasteiger partial charge in [0.1, 0.15) is 0 Å². The Labute approximate surface area is 114 Å². The van der Waals surface area contributed by atoms with E-state index in [9.17, 15) is 0 Å². The Morgan fingerprint density at radius 2 is 2.11 bits per heavy atom. The number of aromatic nitrogens is 1. The Balaban J connectivity index is 2.37. The van der Waals surface area contributed by atoms with Gasteiger partial charge in [0.15, 0.2) is 0 Å².